The van der Waals surface area contributed by atoms with Crippen LogP contribution in [0.1, 0.15) is 11.1 Å². The third kappa shape index (κ3) is 4.24. The molecule has 0 bridgehead atoms. The molecule has 1 aromatic carbocycles. The van der Waals surface area contributed by atoms with E-state index in [0.29, 0.717) is 17.5 Å². The molecule has 0 N–H and O–H groups in total. The van der Waals surface area contributed by atoms with Gasteiger partial charge in [-0.2, -0.15) is 0 Å². The summed E-state index contributed by atoms with van der Waals surface area (Å²) in [7, 11) is 0. The Morgan fingerprint density at radius 1 is 1.24 bits per heavy atom. The van der Waals surface area contributed by atoms with Crippen molar-refractivity contribution >= 4 is 11.6 Å². The van der Waals surface area contributed by atoms with Gasteiger partial charge < -0.3 is 14.2 Å². The number of ether oxygens (including phenoxy) is 3. The highest BCUT2D eigenvalue weighted by molar-refractivity contribution is 6.30. The van der Waals surface area contributed by atoms with E-state index < -0.39 is 0 Å². The topological polar surface area (TPSA) is 43.8 Å². The first kappa shape index (κ1) is 16.6. The van der Waals surface area contributed by atoms with Crippen LogP contribution >= 0.6 is 11.6 Å². The lowest BCUT2D eigenvalue weighted by Crippen LogP contribution is -2.44. The molecule has 4 rings (SSSR count). The number of pyridine rings is 1. The van der Waals surface area contributed by atoms with Gasteiger partial charge in [0.1, 0.15) is 18.5 Å². The SMILES string of the molecule is Clc1ccc(OCC2CN(Cc3ccc4c(c3)CCO4)CCO2)nc1. The van der Waals surface area contributed by atoms with Crippen molar-refractivity contribution in [3.05, 3.63) is 52.7 Å². The fraction of sp³-hybridized carbons (Fsp3) is 0.421. The first-order valence-corrected chi connectivity index (χ1v) is 8.97. The minimum absolute atomic E-state index is 0.0454. The van der Waals surface area contributed by atoms with Crippen molar-refractivity contribution < 1.29 is 14.2 Å². The lowest BCUT2D eigenvalue weighted by molar-refractivity contribution is -0.0510. The van der Waals surface area contributed by atoms with Crippen molar-refractivity contribution in [2.45, 2.75) is 19.1 Å². The zero-order valence-corrected chi connectivity index (χ0v) is 14.7. The Morgan fingerprint density at radius 2 is 2.20 bits per heavy atom. The van der Waals surface area contributed by atoms with Gasteiger partial charge in [-0.1, -0.05) is 23.7 Å². The number of morpholine rings is 1. The van der Waals surface area contributed by atoms with Crippen molar-refractivity contribution in [2.75, 3.05) is 32.9 Å². The molecular weight excluding hydrogens is 340 g/mol. The van der Waals surface area contributed by atoms with E-state index in [0.717, 1.165) is 45.0 Å². The maximum absolute atomic E-state index is 5.83. The highest BCUT2D eigenvalue weighted by Gasteiger charge is 2.22. The second kappa shape index (κ2) is 7.60. The molecule has 6 heteroatoms. The summed E-state index contributed by atoms with van der Waals surface area (Å²) in [5.74, 6) is 1.61. The zero-order valence-electron chi connectivity index (χ0n) is 14.0. The molecule has 132 valence electrons. The van der Waals surface area contributed by atoms with E-state index in [-0.39, 0.29) is 6.10 Å². The summed E-state index contributed by atoms with van der Waals surface area (Å²) < 4.78 is 17.1. The Bertz CT molecular complexity index is 723. The number of rotatable bonds is 5. The largest absolute Gasteiger partial charge is 0.493 e. The van der Waals surface area contributed by atoms with Crippen molar-refractivity contribution in [3.63, 3.8) is 0 Å². The van der Waals surface area contributed by atoms with Crippen LogP contribution in [0.25, 0.3) is 0 Å². The quantitative estimate of drug-likeness (QED) is 0.820. The number of halogens is 1. The highest BCUT2D eigenvalue weighted by atomic mass is 35.5. The maximum Gasteiger partial charge on any atom is 0.213 e. The van der Waals surface area contributed by atoms with Crippen LogP contribution < -0.4 is 9.47 Å². The van der Waals surface area contributed by atoms with Gasteiger partial charge in [-0.25, -0.2) is 4.98 Å². The van der Waals surface area contributed by atoms with Gasteiger partial charge in [-0.3, -0.25) is 4.90 Å². The van der Waals surface area contributed by atoms with Crippen molar-refractivity contribution in [2.24, 2.45) is 0 Å². The van der Waals surface area contributed by atoms with Crippen LogP contribution in [0.3, 0.4) is 0 Å². The number of hydrogen-bond acceptors (Lipinski definition) is 5. The molecule has 1 aromatic heterocycles. The Labute approximate surface area is 152 Å². The molecule has 2 aliphatic heterocycles. The van der Waals surface area contributed by atoms with Gasteiger partial charge in [0.05, 0.1) is 18.2 Å². The summed E-state index contributed by atoms with van der Waals surface area (Å²) in [4.78, 5) is 6.55. The Kier molecular flexibility index (Phi) is 5.06. The van der Waals surface area contributed by atoms with Gasteiger partial charge in [0.2, 0.25) is 5.88 Å². The summed E-state index contributed by atoms with van der Waals surface area (Å²) in [6.07, 6.45) is 2.64. The second-order valence-corrected chi connectivity index (χ2v) is 6.83. The molecule has 0 amide bonds. The molecule has 2 aliphatic rings. The molecular formula is C19H21ClN2O3. The molecule has 25 heavy (non-hydrogen) atoms. The smallest absolute Gasteiger partial charge is 0.213 e. The summed E-state index contributed by atoms with van der Waals surface area (Å²) in [5, 5.41) is 0.604. The summed E-state index contributed by atoms with van der Waals surface area (Å²) >= 11 is 5.83. The van der Waals surface area contributed by atoms with Crippen molar-refractivity contribution in [1.29, 1.82) is 0 Å². The zero-order chi connectivity index (χ0) is 17.1. The fourth-order valence-corrected chi connectivity index (χ4v) is 3.36. The van der Waals surface area contributed by atoms with Crippen LogP contribution in [-0.2, 0) is 17.7 Å². The van der Waals surface area contributed by atoms with Gasteiger partial charge in [0, 0.05) is 38.3 Å². The van der Waals surface area contributed by atoms with E-state index >= 15 is 0 Å². The minimum atomic E-state index is 0.0454. The van der Waals surface area contributed by atoms with E-state index in [4.69, 9.17) is 25.8 Å². The van der Waals surface area contributed by atoms with Gasteiger partial charge >= 0.3 is 0 Å². The third-order valence-corrected chi connectivity index (χ3v) is 4.72. The molecule has 3 heterocycles. The van der Waals surface area contributed by atoms with Gasteiger partial charge in [-0.15, -0.1) is 0 Å². The Morgan fingerprint density at radius 3 is 3.08 bits per heavy atom. The Balaban J connectivity index is 1.31. The first-order chi connectivity index (χ1) is 12.3. The van der Waals surface area contributed by atoms with Crippen LogP contribution in [0, 0.1) is 0 Å². The summed E-state index contributed by atoms with van der Waals surface area (Å²) in [5.41, 5.74) is 2.64. The van der Waals surface area contributed by atoms with Crippen LogP contribution in [0.4, 0.5) is 0 Å². The first-order valence-electron chi connectivity index (χ1n) is 8.59. The van der Waals surface area contributed by atoms with Crippen molar-refractivity contribution in [3.8, 4) is 11.6 Å². The number of benzene rings is 1. The van der Waals surface area contributed by atoms with E-state index in [2.05, 4.69) is 28.1 Å². The lowest BCUT2D eigenvalue weighted by atomic mass is 10.1. The van der Waals surface area contributed by atoms with Crippen LogP contribution in [-0.4, -0.2) is 48.9 Å². The predicted molar refractivity (Wildman–Crippen MR) is 95.4 cm³/mol. The van der Waals surface area contributed by atoms with Gasteiger partial charge in [0.25, 0.3) is 0 Å². The normalized spacial score (nSPS) is 20.1. The van der Waals surface area contributed by atoms with E-state index in [9.17, 15) is 0 Å². The number of aromatic nitrogens is 1. The molecule has 0 saturated carbocycles. The average molecular weight is 361 g/mol. The number of hydrogen-bond donors (Lipinski definition) is 0. The summed E-state index contributed by atoms with van der Waals surface area (Å²) in [6, 6.07) is 10.1. The lowest BCUT2D eigenvalue weighted by Gasteiger charge is -2.32. The summed E-state index contributed by atoms with van der Waals surface area (Å²) in [6.45, 7) is 4.71. The van der Waals surface area contributed by atoms with Crippen LogP contribution in [0.2, 0.25) is 5.02 Å². The van der Waals surface area contributed by atoms with Crippen molar-refractivity contribution in [1.82, 2.24) is 9.88 Å². The second-order valence-electron chi connectivity index (χ2n) is 6.39. The highest BCUT2D eigenvalue weighted by Crippen LogP contribution is 2.26. The Hall–Kier alpha value is -1.82. The van der Waals surface area contributed by atoms with Crippen LogP contribution in [0.5, 0.6) is 11.6 Å². The van der Waals surface area contributed by atoms with E-state index in [1.165, 1.54) is 11.1 Å². The van der Waals surface area contributed by atoms with Gasteiger partial charge in [-0.05, 0) is 23.3 Å². The molecule has 0 spiro atoms. The number of nitrogens with zero attached hydrogens (tertiary/aromatic N) is 2. The molecule has 0 aliphatic carbocycles. The molecule has 1 atom stereocenters. The standard InChI is InChI=1S/C19H21ClN2O3/c20-16-2-4-19(21-10-16)25-13-17-12-22(6-8-23-17)11-14-1-3-18-15(9-14)5-7-24-18/h1-4,9-10,17H,5-8,11-13H2. The van der Waals surface area contributed by atoms with Crippen LogP contribution in [0.15, 0.2) is 36.5 Å². The van der Waals surface area contributed by atoms with E-state index in [1.54, 1.807) is 18.3 Å². The monoisotopic (exact) mass is 360 g/mol. The number of fused-ring (bicyclic) bond motifs is 1. The minimum Gasteiger partial charge on any atom is -0.493 e. The average Bonchev–Trinajstić information content (AvgIpc) is 3.09. The third-order valence-electron chi connectivity index (χ3n) is 4.50. The predicted octanol–water partition coefficient (Wildman–Crippen LogP) is 2.95. The molecule has 2 aromatic rings. The molecule has 5 nitrogen and oxygen atoms in total. The maximum atomic E-state index is 5.83. The van der Waals surface area contributed by atoms with Gasteiger partial charge in [0.15, 0.2) is 0 Å². The molecule has 1 unspecified atom stereocenters. The molecule has 1 fully saturated rings. The fourth-order valence-electron chi connectivity index (χ4n) is 3.25. The molecule has 1 saturated heterocycles. The molecule has 0 radical (unpaired) electrons. The van der Waals surface area contributed by atoms with E-state index in [1.807, 2.05) is 0 Å².